The zero-order valence-electron chi connectivity index (χ0n) is 18.9. The van der Waals surface area contributed by atoms with Gasteiger partial charge in [-0.2, -0.15) is 0 Å². The van der Waals surface area contributed by atoms with Crippen LogP contribution in [0.1, 0.15) is 35.1 Å². The van der Waals surface area contributed by atoms with Crippen LogP contribution in [0.15, 0.2) is 48.2 Å². The van der Waals surface area contributed by atoms with Crippen molar-refractivity contribution in [3.05, 3.63) is 70.4 Å². The van der Waals surface area contributed by atoms with Gasteiger partial charge in [0.05, 0.1) is 19.2 Å². The van der Waals surface area contributed by atoms with Crippen molar-refractivity contribution in [1.29, 1.82) is 0 Å². The second-order valence-electron chi connectivity index (χ2n) is 8.70. The number of benzene rings is 2. The van der Waals surface area contributed by atoms with Gasteiger partial charge >= 0.3 is 0 Å². The molecule has 4 rings (SSSR count). The lowest BCUT2D eigenvalue weighted by molar-refractivity contribution is -0.138. The van der Waals surface area contributed by atoms with E-state index in [9.17, 15) is 14.7 Å². The van der Waals surface area contributed by atoms with Crippen molar-refractivity contribution in [1.82, 2.24) is 9.80 Å². The van der Waals surface area contributed by atoms with E-state index in [0.717, 1.165) is 40.8 Å². The van der Waals surface area contributed by atoms with Crippen molar-refractivity contribution in [2.24, 2.45) is 5.92 Å². The maximum atomic E-state index is 13.6. The average molecular weight is 435 g/mol. The second kappa shape index (κ2) is 9.17. The number of hydrogen-bond donors (Lipinski definition) is 1. The normalized spacial score (nSPS) is 19.2. The van der Waals surface area contributed by atoms with Crippen molar-refractivity contribution in [2.45, 2.75) is 33.2 Å². The predicted octanol–water partition coefficient (Wildman–Crippen LogP) is 3.30. The van der Waals surface area contributed by atoms with Crippen LogP contribution in [-0.4, -0.2) is 53.5 Å². The maximum Gasteiger partial charge on any atom is 0.278 e. The van der Waals surface area contributed by atoms with Crippen LogP contribution in [0.4, 0.5) is 0 Å². The highest BCUT2D eigenvalue weighted by Gasteiger charge is 2.42. The number of carbonyl (C=O) groups is 2. The van der Waals surface area contributed by atoms with Crippen LogP contribution in [0.25, 0.3) is 5.57 Å². The van der Waals surface area contributed by atoms with Crippen LogP contribution in [0.3, 0.4) is 0 Å². The van der Waals surface area contributed by atoms with E-state index < -0.39 is 0 Å². The molecule has 2 amide bonds. The van der Waals surface area contributed by atoms with Crippen LogP contribution in [-0.2, 0) is 16.1 Å². The first-order valence-electron chi connectivity index (χ1n) is 11.1. The third-order valence-corrected chi connectivity index (χ3v) is 6.53. The summed E-state index contributed by atoms with van der Waals surface area (Å²) in [6.07, 6.45) is 1.81. The number of amides is 2. The van der Waals surface area contributed by atoms with Gasteiger partial charge in [0.15, 0.2) is 0 Å². The third kappa shape index (κ3) is 4.15. The molecule has 2 aliphatic rings. The number of hydrogen-bond acceptors (Lipinski definition) is 5. The molecule has 0 aliphatic carbocycles. The van der Waals surface area contributed by atoms with E-state index in [2.05, 4.69) is 0 Å². The highest BCUT2D eigenvalue weighted by Crippen LogP contribution is 2.35. The maximum absolute atomic E-state index is 13.6. The van der Waals surface area contributed by atoms with Crippen LogP contribution in [0, 0.1) is 19.8 Å². The first kappa shape index (κ1) is 22.1. The summed E-state index contributed by atoms with van der Waals surface area (Å²) in [5, 5.41) is 9.69. The topological polar surface area (TPSA) is 70.1 Å². The molecule has 2 aliphatic heterocycles. The minimum Gasteiger partial charge on any atom is -0.497 e. The molecule has 2 aromatic carbocycles. The molecule has 6 nitrogen and oxygen atoms in total. The van der Waals surface area contributed by atoms with Gasteiger partial charge in [-0.25, -0.2) is 0 Å². The number of methoxy groups -OCH3 is 1. The minimum absolute atomic E-state index is 0.0838. The number of likely N-dealkylation sites (tertiary alicyclic amines) is 1. The van der Waals surface area contributed by atoms with Crippen LogP contribution < -0.4 is 4.74 Å². The molecule has 0 spiro atoms. The number of ether oxygens (including phenoxy) is 1. The molecule has 2 aromatic rings. The Morgan fingerprint density at radius 3 is 2.44 bits per heavy atom. The first-order valence-corrected chi connectivity index (χ1v) is 11.1. The van der Waals surface area contributed by atoms with E-state index in [-0.39, 0.29) is 30.9 Å². The summed E-state index contributed by atoms with van der Waals surface area (Å²) < 4.78 is 5.21. The number of aliphatic hydroxyl groups is 1. The highest BCUT2D eigenvalue weighted by molar-refractivity contribution is 6.35. The molecule has 168 valence electrons. The smallest absolute Gasteiger partial charge is 0.278 e. The number of aryl methyl sites for hydroxylation is 2. The molecule has 0 aromatic heterocycles. The fourth-order valence-corrected chi connectivity index (χ4v) is 4.49. The Kier molecular flexibility index (Phi) is 6.33. The average Bonchev–Trinajstić information content (AvgIpc) is 3.06. The summed E-state index contributed by atoms with van der Waals surface area (Å²) in [5.41, 5.74) is 4.77. The van der Waals surface area contributed by atoms with Crippen LogP contribution >= 0.6 is 0 Å². The van der Waals surface area contributed by atoms with Gasteiger partial charge in [-0.3, -0.25) is 14.5 Å². The summed E-state index contributed by atoms with van der Waals surface area (Å²) in [6, 6.07) is 13.3. The minimum atomic E-state index is -0.268. The lowest BCUT2D eigenvalue weighted by Crippen LogP contribution is -2.40. The zero-order chi connectivity index (χ0) is 22.8. The molecule has 1 unspecified atom stereocenters. The van der Waals surface area contributed by atoms with Gasteiger partial charge in [0.2, 0.25) is 0 Å². The highest BCUT2D eigenvalue weighted by atomic mass is 16.5. The fraction of sp³-hybridized carbons (Fsp3) is 0.385. The van der Waals surface area contributed by atoms with E-state index in [1.54, 1.807) is 7.11 Å². The van der Waals surface area contributed by atoms with Gasteiger partial charge in [-0.15, -0.1) is 0 Å². The number of nitrogens with zero attached hydrogens (tertiary/aromatic N) is 2. The Bertz CT molecular complexity index is 1060. The van der Waals surface area contributed by atoms with Gasteiger partial charge in [-0.05, 0) is 67.0 Å². The Morgan fingerprint density at radius 2 is 1.78 bits per heavy atom. The van der Waals surface area contributed by atoms with Crippen molar-refractivity contribution < 1.29 is 19.4 Å². The number of piperidine rings is 1. The summed E-state index contributed by atoms with van der Waals surface area (Å²) in [6.45, 7) is 5.61. The molecular formula is C26H30N2O4. The molecule has 1 atom stereocenters. The van der Waals surface area contributed by atoms with Gasteiger partial charge in [0.25, 0.3) is 11.8 Å². The van der Waals surface area contributed by atoms with E-state index >= 15 is 0 Å². The standard InChI is InChI=1S/C26H30N2O4/c1-17-6-9-21(13-18(17)2)23-24(27-12-4-5-20(14-27)16-29)26(31)28(25(23)30)15-19-7-10-22(32-3)11-8-19/h6-11,13,20,29H,4-5,12,14-16H2,1-3H3. The lowest BCUT2D eigenvalue weighted by Gasteiger charge is -2.34. The molecular weight excluding hydrogens is 404 g/mol. The third-order valence-electron chi connectivity index (χ3n) is 6.53. The Balaban J connectivity index is 1.72. The Hall–Kier alpha value is -3.12. The van der Waals surface area contributed by atoms with Crippen LogP contribution in [0.5, 0.6) is 5.75 Å². The predicted molar refractivity (Wildman–Crippen MR) is 123 cm³/mol. The number of imide groups is 1. The van der Waals surface area contributed by atoms with Crippen molar-refractivity contribution in [3.63, 3.8) is 0 Å². The molecule has 1 N–H and O–H groups in total. The van der Waals surface area contributed by atoms with E-state index in [1.807, 2.05) is 61.2 Å². The second-order valence-corrected chi connectivity index (χ2v) is 8.70. The Morgan fingerprint density at radius 1 is 1.03 bits per heavy atom. The molecule has 1 fully saturated rings. The van der Waals surface area contributed by atoms with Gasteiger partial charge in [-0.1, -0.05) is 30.3 Å². The molecule has 1 saturated heterocycles. The van der Waals surface area contributed by atoms with E-state index in [1.165, 1.54) is 4.90 Å². The van der Waals surface area contributed by atoms with Crippen molar-refractivity contribution in [3.8, 4) is 5.75 Å². The molecule has 2 heterocycles. The molecule has 0 saturated carbocycles. The van der Waals surface area contributed by atoms with Crippen LogP contribution in [0.2, 0.25) is 0 Å². The molecule has 32 heavy (non-hydrogen) atoms. The monoisotopic (exact) mass is 434 g/mol. The summed E-state index contributed by atoms with van der Waals surface area (Å²) >= 11 is 0. The SMILES string of the molecule is COc1ccc(CN2C(=O)C(c3ccc(C)c(C)c3)=C(N3CCCC(CO)C3)C2=O)cc1. The summed E-state index contributed by atoms with van der Waals surface area (Å²) in [5.74, 6) is 0.300. The lowest BCUT2D eigenvalue weighted by atomic mass is 9.96. The summed E-state index contributed by atoms with van der Waals surface area (Å²) in [4.78, 5) is 30.5. The quantitative estimate of drug-likeness (QED) is 0.707. The molecule has 0 bridgehead atoms. The van der Waals surface area contributed by atoms with E-state index in [0.29, 0.717) is 24.4 Å². The zero-order valence-corrected chi connectivity index (χ0v) is 18.9. The largest absolute Gasteiger partial charge is 0.497 e. The summed E-state index contributed by atoms with van der Waals surface area (Å²) in [7, 11) is 1.60. The number of aliphatic hydroxyl groups excluding tert-OH is 1. The van der Waals surface area contributed by atoms with Gasteiger partial charge in [0.1, 0.15) is 11.4 Å². The molecule has 0 radical (unpaired) electrons. The fourth-order valence-electron chi connectivity index (χ4n) is 4.49. The first-order chi connectivity index (χ1) is 15.4. The van der Waals surface area contributed by atoms with Crippen molar-refractivity contribution in [2.75, 3.05) is 26.8 Å². The molecule has 6 heteroatoms. The number of carbonyl (C=O) groups excluding carboxylic acids is 2. The van der Waals surface area contributed by atoms with Gasteiger partial charge < -0.3 is 14.7 Å². The van der Waals surface area contributed by atoms with E-state index in [4.69, 9.17) is 4.74 Å². The van der Waals surface area contributed by atoms with Crippen molar-refractivity contribution >= 4 is 17.4 Å². The van der Waals surface area contributed by atoms with Gasteiger partial charge in [0, 0.05) is 19.7 Å². The number of rotatable bonds is 6. The Labute approximate surface area is 189 Å².